The Labute approximate surface area is 142 Å². The molecule has 0 atom stereocenters. The van der Waals surface area contributed by atoms with Gasteiger partial charge >= 0.3 is 0 Å². The monoisotopic (exact) mass is 329 g/mol. The van der Waals surface area contributed by atoms with Gasteiger partial charge in [0.2, 0.25) is 5.91 Å². The van der Waals surface area contributed by atoms with Crippen LogP contribution in [0.3, 0.4) is 0 Å². The molecule has 5 nitrogen and oxygen atoms in total. The molecule has 0 fully saturated rings. The van der Waals surface area contributed by atoms with Crippen molar-refractivity contribution in [3.8, 4) is 17.2 Å². The van der Waals surface area contributed by atoms with E-state index in [0.29, 0.717) is 26.2 Å². The molecule has 5 heteroatoms. The Morgan fingerprint density at radius 2 is 1.71 bits per heavy atom. The highest BCUT2D eigenvalue weighted by Gasteiger charge is 2.04. The van der Waals surface area contributed by atoms with E-state index >= 15 is 0 Å². The van der Waals surface area contributed by atoms with Gasteiger partial charge in [0.25, 0.3) is 0 Å². The summed E-state index contributed by atoms with van der Waals surface area (Å²) < 4.78 is 16.1. The summed E-state index contributed by atoms with van der Waals surface area (Å²) in [7, 11) is 1.62. The first kappa shape index (κ1) is 17.7. The zero-order valence-electron chi connectivity index (χ0n) is 14.1. The quantitative estimate of drug-likeness (QED) is 0.719. The minimum atomic E-state index is -0.0353. The van der Waals surface area contributed by atoms with Crippen LogP contribution in [0.2, 0.25) is 0 Å². The minimum absolute atomic E-state index is 0.0353. The van der Waals surface area contributed by atoms with Gasteiger partial charge in [-0.25, -0.2) is 0 Å². The van der Waals surface area contributed by atoms with Crippen molar-refractivity contribution in [1.29, 1.82) is 0 Å². The molecule has 0 saturated carbocycles. The lowest BCUT2D eigenvalue weighted by atomic mass is 10.1. The first-order chi connectivity index (χ1) is 11.7. The maximum absolute atomic E-state index is 11.9. The third-order valence-electron chi connectivity index (χ3n) is 3.33. The summed E-state index contributed by atoms with van der Waals surface area (Å²) >= 11 is 0. The molecule has 0 heterocycles. The zero-order chi connectivity index (χ0) is 17.2. The Hall–Kier alpha value is -2.69. The molecule has 2 rings (SSSR count). The topological polar surface area (TPSA) is 56.8 Å². The number of nitrogens with one attached hydrogen (secondary N) is 1. The molecule has 0 aliphatic heterocycles. The van der Waals surface area contributed by atoms with Crippen molar-refractivity contribution in [1.82, 2.24) is 5.32 Å². The van der Waals surface area contributed by atoms with Crippen LogP contribution in [0.1, 0.15) is 12.5 Å². The van der Waals surface area contributed by atoms with Crippen LogP contribution in [0.25, 0.3) is 0 Å². The number of carbonyl (C=O) groups is 1. The van der Waals surface area contributed by atoms with Crippen LogP contribution >= 0.6 is 0 Å². The van der Waals surface area contributed by atoms with Crippen LogP contribution in [0.5, 0.6) is 17.2 Å². The van der Waals surface area contributed by atoms with E-state index in [9.17, 15) is 4.79 Å². The van der Waals surface area contributed by atoms with Gasteiger partial charge in [0.15, 0.2) is 0 Å². The average Bonchev–Trinajstić information content (AvgIpc) is 2.60. The van der Waals surface area contributed by atoms with E-state index in [1.54, 1.807) is 7.11 Å². The molecule has 1 N–H and O–H groups in total. The number of amides is 1. The van der Waals surface area contributed by atoms with Gasteiger partial charge in [-0.05, 0) is 36.8 Å². The fraction of sp³-hybridized carbons (Fsp3) is 0.316. The summed E-state index contributed by atoms with van der Waals surface area (Å²) in [5, 5.41) is 2.84. The largest absolute Gasteiger partial charge is 0.497 e. The summed E-state index contributed by atoms with van der Waals surface area (Å²) in [5.74, 6) is 2.25. The van der Waals surface area contributed by atoms with Gasteiger partial charge in [0.05, 0.1) is 26.7 Å². The zero-order valence-corrected chi connectivity index (χ0v) is 14.1. The van der Waals surface area contributed by atoms with Crippen LogP contribution in [0.15, 0.2) is 48.5 Å². The Morgan fingerprint density at radius 1 is 1.00 bits per heavy atom. The maximum Gasteiger partial charge on any atom is 0.224 e. The normalized spacial score (nSPS) is 10.1. The van der Waals surface area contributed by atoms with Crippen molar-refractivity contribution in [3.05, 3.63) is 54.1 Å². The second-order valence-electron chi connectivity index (χ2n) is 5.13. The molecule has 1 amide bonds. The summed E-state index contributed by atoms with van der Waals surface area (Å²) in [5.41, 5.74) is 0.943. The van der Waals surface area contributed by atoms with Crippen LogP contribution < -0.4 is 19.5 Å². The van der Waals surface area contributed by atoms with Gasteiger partial charge in [0, 0.05) is 6.07 Å². The van der Waals surface area contributed by atoms with Gasteiger partial charge in [-0.1, -0.05) is 18.2 Å². The summed E-state index contributed by atoms with van der Waals surface area (Å²) in [6.45, 7) is 3.41. The van der Waals surface area contributed by atoms with Crippen molar-refractivity contribution in [2.45, 2.75) is 13.3 Å². The van der Waals surface area contributed by atoms with E-state index in [2.05, 4.69) is 5.32 Å². The van der Waals surface area contributed by atoms with Gasteiger partial charge in [-0.2, -0.15) is 0 Å². The summed E-state index contributed by atoms with van der Waals surface area (Å²) in [4.78, 5) is 11.9. The van der Waals surface area contributed by atoms with Crippen molar-refractivity contribution in [2.75, 3.05) is 26.9 Å². The van der Waals surface area contributed by atoms with Crippen molar-refractivity contribution < 1.29 is 19.0 Å². The molecule has 24 heavy (non-hydrogen) atoms. The molecule has 0 aliphatic carbocycles. The average molecular weight is 329 g/mol. The molecule has 0 radical (unpaired) electrons. The fourth-order valence-electron chi connectivity index (χ4n) is 2.17. The Morgan fingerprint density at radius 3 is 2.38 bits per heavy atom. The maximum atomic E-state index is 11.9. The number of benzene rings is 2. The third-order valence-corrected chi connectivity index (χ3v) is 3.33. The SMILES string of the molecule is CCOc1cccc(OCCNC(=O)Cc2ccc(OC)cc2)c1. The number of methoxy groups -OCH3 is 1. The van der Waals surface area contributed by atoms with Crippen molar-refractivity contribution >= 4 is 5.91 Å². The van der Waals surface area contributed by atoms with E-state index in [-0.39, 0.29) is 5.91 Å². The third kappa shape index (κ3) is 5.83. The van der Waals surface area contributed by atoms with E-state index in [1.165, 1.54) is 0 Å². The summed E-state index contributed by atoms with van der Waals surface area (Å²) in [6, 6.07) is 14.9. The van der Waals surface area contributed by atoms with E-state index in [0.717, 1.165) is 22.8 Å². The summed E-state index contributed by atoms with van der Waals surface area (Å²) in [6.07, 6.45) is 0.337. The molecule has 0 aromatic heterocycles. The lowest BCUT2D eigenvalue weighted by Crippen LogP contribution is -2.29. The Kier molecular flexibility index (Phi) is 6.95. The molecule has 2 aromatic carbocycles. The number of rotatable bonds is 9. The highest BCUT2D eigenvalue weighted by molar-refractivity contribution is 5.78. The van der Waals surface area contributed by atoms with Crippen LogP contribution in [0.4, 0.5) is 0 Å². The molecule has 0 bridgehead atoms. The molecule has 0 spiro atoms. The molecule has 0 unspecified atom stereocenters. The van der Waals surface area contributed by atoms with E-state index < -0.39 is 0 Å². The van der Waals surface area contributed by atoms with Crippen LogP contribution in [0, 0.1) is 0 Å². The Balaban J connectivity index is 1.69. The molecule has 2 aromatic rings. The van der Waals surface area contributed by atoms with E-state index in [1.807, 2.05) is 55.5 Å². The van der Waals surface area contributed by atoms with Crippen molar-refractivity contribution in [3.63, 3.8) is 0 Å². The molecular formula is C19H23NO4. The predicted molar refractivity (Wildman–Crippen MR) is 92.8 cm³/mol. The van der Waals surface area contributed by atoms with Gasteiger partial charge in [-0.15, -0.1) is 0 Å². The predicted octanol–water partition coefficient (Wildman–Crippen LogP) is 2.83. The smallest absolute Gasteiger partial charge is 0.224 e. The fourth-order valence-corrected chi connectivity index (χ4v) is 2.17. The molecule has 0 aliphatic rings. The standard InChI is InChI=1S/C19H23NO4/c1-3-23-17-5-4-6-18(14-17)24-12-11-20-19(21)13-15-7-9-16(22-2)10-8-15/h4-10,14H,3,11-13H2,1-2H3,(H,20,21). The second-order valence-corrected chi connectivity index (χ2v) is 5.13. The van der Waals surface area contributed by atoms with Crippen LogP contribution in [-0.4, -0.2) is 32.8 Å². The number of hydrogen-bond acceptors (Lipinski definition) is 4. The molecule has 128 valence electrons. The highest BCUT2D eigenvalue weighted by Crippen LogP contribution is 2.19. The lowest BCUT2D eigenvalue weighted by Gasteiger charge is -2.09. The van der Waals surface area contributed by atoms with Gasteiger partial charge < -0.3 is 19.5 Å². The first-order valence-electron chi connectivity index (χ1n) is 7.96. The number of hydrogen-bond donors (Lipinski definition) is 1. The number of ether oxygens (including phenoxy) is 3. The van der Waals surface area contributed by atoms with Crippen LogP contribution in [-0.2, 0) is 11.2 Å². The van der Waals surface area contributed by atoms with Gasteiger partial charge in [0.1, 0.15) is 23.9 Å². The molecular weight excluding hydrogens is 306 g/mol. The number of carbonyl (C=O) groups excluding carboxylic acids is 1. The molecule has 0 saturated heterocycles. The Bertz CT molecular complexity index is 640. The second kappa shape index (κ2) is 9.45. The van der Waals surface area contributed by atoms with E-state index in [4.69, 9.17) is 14.2 Å². The van der Waals surface area contributed by atoms with Gasteiger partial charge in [-0.3, -0.25) is 4.79 Å². The lowest BCUT2D eigenvalue weighted by molar-refractivity contribution is -0.120. The highest BCUT2D eigenvalue weighted by atomic mass is 16.5. The minimum Gasteiger partial charge on any atom is -0.497 e. The first-order valence-corrected chi connectivity index (χ1v) is 7.96. The van der Waals surface area contributed by atoms with Crippen molar-refractivity contribution in [2.24, 2.45) is 0 Å².